The van der Waals surface area contributed by atoms with Crippen LogP contribution in [0.4, 0.5) is 0 Å². The molecule has 0 saturated carbocycles. The highest BCUT2D eigenvalue weighted by Gasteiger charge is 2.18. The Hall–Kier alpha value is -1.47. The SMILES string of the molecule is CN(CC(=O)O)C[C@H](O)[C@H](N)COCc1ccccc1. The molecule has 0 amide bonds. The van der Waals surface area contributed by atoms with E-state index in [0.29, 0.717) is 6.61 Å². The Bertz CT molecular complexity index is 399. The van der Waals surface area contributed by atoms with Gasteiger partial charge in [-0.1, -0.05) is 30.3 Å². The van der Waals surface area contributed by atoms with E-state index in [1.165, 1.54) is 4.90 Å². The zero-order valence-corrected chi connectivity index (χ0v) is 11.6. The summed E-state index contributed by atoms with van der Waals surface area (Å²) in [5.41, 5.74) is 6.85. The number of rotatable bonds is 9. The van der Waals surface area contributed by atoms with E-state index in [0.717, 1.165) is 5.56 Å². The lowest BCUT2D eigenvalue weighted by Gasteiger charge is -2.23. The van der Waals surface area contributed by atoms with Crippen molar-refractivity contribution in [2.75, 3.05) is 26.7 Å². The van der Waals surface area contributed by atoms with E-state index in [4.69, 9.17) is 15.6 Å². The van der Waals surface area contributed by atoms with Crippen molar-refractivity contribution in [2.24, 2.45) is 5.73 Å². The van der Waals surface area contributed by atoms with E-state index in [9.17, 15) is 9.90 Å². The molecule has 20 heavy (non-hydrogen) atoms. The van der Waals surface area contributed by atoms with Crippen LogP contribution in [-0.4, -0.2) is 60.0 Å². The third kappa shape index (κ3) is 6.63. The first-order chi connectivity index (χ1) is 9.49. The molecule has 6 nitrogen and oxygen atoms in total. The van der Waals surface area contributed by atoms with Crippen molar-refractivity contribution in [1.29, 1.82) is 0 Å². The van der Waals surface area contributed by atoms with E-state index >= 15 is 0 Å². The van der Waals surface area contributed by atoms with Crippen LogP contribution in [0, 0.1) is 0 Å². The summed E-state index contributed by atoms with van der Waals surface area (Å²) in [5.74, 6) is -0.936. The number of nitrogens with zero attached hydrogens (tertiary/aromatic N) is 1. The number of aliphatic hydroxyl groups is 1. The zero-order valence-electron chi connectivity index (χ0n) is 11.6. The fourth-order valence-corrected chi connectivity index (χ4v) is 1.75. The van der Waals surface area contributed by atoms with Crippen molar-refractivity contribution in [1.82, 2.24) is 4.90 Å². The molecule has 0 spiro atoms. The highest BCUT2D eigenvalue weighted by molar-refractivity contribution is 5.69. The molecule has 0 saturated heterocycles. The molecule has 0 bridgehead atoms. The van der Waals surface area contributed by atoms with E-state index in [1.807, 2.05) is 30.3 Å². The van der Waals surface area contributed by atoms with Gasteiger partial charge in [0.25, 0.3) is 0 Å². The predicted octanol–water partition coefficient (Wildman–Crippen LogP) is -0.0922. The van der Waals surface area contributed by atoms with Gasteiger partial charge in [0.1, 0.15) is 0 Å². The van der Waals surface area contributed by atoms with Crippen molar-refractivity contribution in [3.05, 3.63) is 35.9 Å². The molecule has 0 aromatic heterocycles. The summed E-state index contributed by atoms with van der Waals surface area (Å²) >= 11 is 0. The Balaban J connectivity index is 2.24. The van der Waals surface area contributed by atoms with Crippen molar-refractivity contribution < 1.29 is 19.7 Å². The summed E-state index contributed by atoms with van der Waals surface area (Å²) in [6.07, 6.45) is -0.824. The van der Waals surface area contributed by atoms with Crippen LogP contribution in [0.3, 0.4) is 0 Å². The van der Waals surface area contributed by atoms with E-state index < -0.39 is 18.1 Å². The number of aliphatic carboxylic acids is 1. The van der Waals surface area contributed by atoms with Crippen LogP contribution >= 0.6 is 0 Å². The fraction of sp³-hybridized carbons (Fsp3) is 0.500. The Kier molecular flexibility index (Phi) is 7.17. The number of carboxylic acids is 1. The molecule has 1 rings (SSSR count). The van der Waals surface area contributed by atoms with Gasteiger partial charge >= 0.3 is 5.97 Å². The van der Waals surface area contributed by atoms with E-state index in [-0.39, 0.29) is 19.7 Å². The quantitative estimate of drug-likeness (QED) is 0.586. The molecule has 112 valence electrons. The first-order valence-electron chi connectivity index (χ1n) is 6.44. The average molecular weight is 282 g/mol. The smallest absolute Gasteiger partial charge is 0.317 e. The van der Waals surface area contributed by atoms with Crippen LogP contribution in [0.2, 0.25) is 0 Å². The van der Waals surface area contributed by atoms with Gasteiger partial charge < -0.3 is 20.7 Å². The van der Waals surface area contributed by atoms with Gasteiger partial charge in [0.05, 0.1) is 31.9 Å². The first kappa shape index (κ1) is 16.6. The molecule has 6 heteroatoms. The van der Waals surface area contributed by atoms with Crippen LogP contribution in [0.15, 0.2) is 30.3 Å². The average Bonchev–Trinajstić information content (AvgIpc) is 2.38. The second-order valence-electron chi connectivity index (χ2n) is 4.82. The van der Waals surface area contributed by atoms with Gasteiger partial charge in [-0.25, -0.2) is 0 Å². The topological polar surface area (TPSA) is 96.0 Å². The molecule has 0 heterocycles. The number of benzene rings is 1. The van der Waals surface area contributed by atoms with Gasteiger partial charge in [-0.2, -0.15) is 0 Å². The maximum Gasteiger partial charge on any atom is 0.317 e. The minimum atomic E-state index is -0.936. The molecule has 0 unspecified atom stereocenters. The summed E-state index contributed by atoms with van der Waals surface area (Å²) in [6.45, 7) is 0.722. The van der Waals surface area contributed by atoms with Crippen LogP contribution in [0.1, 0.15) is 5.56 Å². The summed E-state index contributed by atoms with van der Waals surface area (Å²) in [7, 11) is 1.62. The van der Waals surface area contributed by atoms with Crippen molar-refractivity contribution in [3.63, 3.8) is 0 Å². The molecule has 0 fully saturated rings. The number of hydrogen-bond donors (Lipinski definition) is 3. The minimum Gasteiger partial charge on any atom is -0.480 e. The van der Waals surface area contributed by atoms with Gasteiger partial charge in [0.2, 0.25) is 0 Å². The molecule has 4 N–H and O–H groups in total. The maximum absolute atomic E-state index is 10.5. The highest BCUT2D eigenvalue weighted by Crippen LogP contribution is 2.02. The fourth-order valence-electron chi connectivity index (χ4n) is 1.75. The van der Waals surface area contributed by atoms with E-state index in [2.05, 4.69) is 0 Å². The summed E-state index contributed by atoms with van der Waals surface area (Å²) in [4.78, 5) is 12.0. The largest absolute Gasteiger partial charge is 0.480 e. The first-order valence-corrected chi connectivity index (χ1v) is 6.44. The third-order valence-corrected chi connectivity index (χ3v) is 2.82. The van der Waals surface area contributed by atoms with Crippen LogP contribution in [0.5, 0.6) is 0 Å². The van der Waals surface area contributed by atoms with Gasteiger partial charge in [0, 0.05) is 6.54 Å². The maximum atomic E-state index is 10.5. The van der Waals surface area contributed by atoms with Gasteiger partial charge in [-0.3, -0.25) is 9.69 Å². The molecule has 2 atom stereocenters. The predicted molar refractivity (Wildman–Crippen MR) is 75.2 cm³/mol. The number of likely N-dealkylation sites (N-methyl/N-ethyl adjacent to an activating group) is 1. The Morgan fingerprint density at radius 1 is 1.40 bits per heavy atom. The number of aliphatic hydroxyl groups excluding tert-OH is 1. The number of carboxylic acid groups (broad SMARTS) is 1. The van der Waals surface area contributed by atoms with Crippen molar-refractivity contribution in [3.8, 4) is 0 Å². The molecular formula is C14H22N2O4. The Labute approximate surface area is 118 Å². The van der Waals surface area contributed by atoms with E-state index in [1.54, 1.807) is 7.05 Å². The lowest BCUT2D eigenvalue weighted by molar-refractivity contribution is -0.138. The molecule has 0 radical (unpaired) electrons. The number of ether oxygens (including phenoxy) is 1. The molecule has 0 aliphatic carbocycles. The standard InChI is InChI=1S/C14H22N2O4/c1-16(8-14(18)19)7-13(17)12(15)10-20-9-11-5-3-2-4-6-11/h2-6,12-13,17H,7-10,15H2,1H3,(H,18,19)/t12-,13+/m1/s1. The molecule has 0 aliphatic heterocycles. The van der Waals surface area contributed by atoms with Gasteiger partial charge in [0.15, 0.2) is 0 Å². The second-order valence-corrected chi connectivity index (χ2v) is 4.82. The van der Waals surface area contributed by atoms with Gasteiger partial charge in [-0.05, 0) is 12.6 Å². The summed E-state index contributed by atoms with van der Waals surface area (Å²) in [5, 5.41) is 18.5. The second kappa shape index (κ2) is 8.65. The minimum absolute atomic E-state index is 0.130. The third-order valence-electron chi connectivity index (χ3n) is 2.82. The normalized spacial score (nSPS) is 14.2. The molecular weight excluding hydrogens is 260 g/mol. The van der Waals surface area contributed by atoms with Gasteiger partial charge in [-0.15, -0.1) is 0 Å². The van der Waals surface area contributed by atoms with Crippen LogP contribution < -0.4 is 5.73 Å². The Morgan fingerprint density at radius 3 is 2.65 bits per heavy atom. The Morgan fingerprint density at radius 2 is 2.05 bits per heavy atom. The molecule has 1 aromatic rings. The lowest BCUT2D eigenvalue weighted by atomic mass is 10.1. The molecule has 0 aliphatic rings. The summed E-state index contributed by atoms with van der Waals surface area (Å²) in [6, 6.07) is 9.13. The molecule has 1 aromatic carbocycles. The monoisotopic (exact) mass is 282 g/mol. The highest BCUT2D eigenvalue weighted by atomic mass is 16.5. The van der Waals surface area contributed by atoms with Crippen LogP contribution in [0.25, 0.3) is 0 Å². The number of nitrogens with two attached hydrogens (primary N) is 1. The van der Waals surface area contributed by atoms with Crippen molar-refractivity contribution >= 4 is 5.97 Å². The zero-order chi connectivity index (χ0) is 15.0. The number of hydrogen-bond acceptors (Lipinski definition) is 5. The van der Waals surface area contributed by atoms with Crippen molar-refractivity contribution in [2.45, 2.75) is 18.8 Å². The lowest BCUT2D eigenvalue weighted by Crippen LogP contribution is -2.46. The number of carbonyl (C=O) groups is 1. The van der Waals surface area contributed by atoms with Crippen LogP contribution in [-0.2, 0) is 16.1 Å². The summed E-state index contributed by atoms with van der Waals surface area (Å²) < 4.78 is 5.45.